The van der Waals surface area contributed by atoms with Crippen LogP contribution in [0.2, 0.25) is 0 Å². The van der Waals surface area contributed by atoms with Crippen molar-refractivity contribution in [1.29, 1.82) is 0 Å². The standard InChI is InChI=1S/C14H17NO4S/c1-14(2)9-15(7-8-19-14)13(18)11-5-3-10(20-11)4-6-12(16)17/h3-6H,7-9H2,1-2H3,(H,16,17). The number of morpholine rings is 1. The van der Waals surface area contributed by atoms with Crippen molar-refractivity contribution in [1.82, 2.24) is 4.90 Å². The molecule has 2 heterocycles. The van der Waals surface area contributed by atoms with Crippen LogP contribution < -0.4 is 0 Å². The zero-order valence-electron chi connectivity index (χ0n) is 11.5. The summed E-state index contributed by atoms with van der Waals surface area (Å²) in [5.41, 5.74) is -0.322. The molecule has 0 unspecified atom stereocenters. The second-order valence-corrected chi connectivity index (χ2v) is 6.32. The number of amides is 1. The second kappa shape index (κ2) is 5.76. The molecule has 1 fully saturated rings. The first-order chi connectivity index (χ1) is 9.37. The lowest BCUT2D eigenvalue weighted by Crippen LogP contribution is -2.50. The molecule has 1 aromatic rings. The molecule has 1 aliphatic rings. The molecule has 0 atom stereocenters. The average molecular weight is 295 g/mol. The molecule has 0 bridgehead atoms. The van der Waals surface area contributed by atoms with Crippen LogP contribution in [-0.2, 0) is 9.53 Å². The van der Waals surface area contributed by atoms with Gasteiger partial charge in [0.1, 0.15) is 0 Å². The highest BCUT2D eigenvalue weighted by molar-refractivity contribution is 7.14. The van der Waals surface area contributed by atoms with Crippen LogP contribution in [0, 0.1) is 0 Å². The number of ether oxygens (including phenoxy) is 1. The topological polar surface area (TPSA) is 66.8 Å². The summed E-state index contributed by atoms with van der Waals surface area (Å²) in [5.74, 6) is -1.03. The van der Waals surface area contributed by atoms with Gasteiger partial charge in [0, 0.05) is 24.0 Å². The normalized spacial score (nSPS) is 18.4. The summed E-state index contributed by atoms with van der Waals surface area (Å²) in [6, 6.07) is 3.49. The van der Waals surface area contributed by atoms with Crippen LogP contribution in [0.3, 0.4) is 0 Å². The van der Waals surface area contributed by atoms with Gasteiger partial charge in [0.2, 0.25) is 0 Å². The van der Waals surface area contributed by atoms with Gasteiger partial charge in [-0.05, 0) is 32.1 Å². The van der Waals surface area contributed by atoms with E-state index in [-0.39, 0.29) is 11.5 Å². The Balaban J connectivity index is 2.08. The van der Waals surface area contributed by atoms with E-state index in [9.17, 15) is 9.59 Å². The molecule has 1 N–H and O–H groups in total. The molecule has 0 spiro atoms. The quantitative estimate of drug-likeness (QED) is 0.867. The number of hydrogen-bond donors (Lipinski definition) is 1. The highest BCUT2D eigenvalue weighted by Crippen LogP contribution is 2.23. The van der Waals surface area contributed by atoms with E-state index in [1.54, 1.807) is 17.0 Å². The predicted octanol–water partition coefficient (Wildman–Crippen LogP) is 2.10. The lowest BCUT2D eigenvalue weighted by Gasteiger charge is -2.37. The fourth-order valence-electron chi connectivity index (χ4n) is 2.06. The van der Waals surface area contributed by atoms with E-state index in [1.165, 1.54) is 17.4 Å². The molecule has 0 aromatic carbocycles. The maximum absolute atomic E-state index is 12.4. The Morgan fingerprint density at radius 1 is 1.45 bits per heavy atom. The summed E-state index contributed by atoms with van der Waals surface area (Å²) in [5, 5.41) is 8.58. The molecule has 6 heteroatoms. The first-order valence-electron chi connectivity index (χ1n) is 6.31. The van der Waals surface area contributed by atoms with Gasteiger partial charge in [0.05, 0.1) is 17.1 Å². The van der Waals surface area contributed by atoms with Crippen molar-refractivity contribution in [3.05, 3.63) is 28.0 Å². The van der Waals surface area contributed by atoms with Crippen LogP contribution in [0.4, 0.5) is 0 Å². The summed E-state index contributed by atoms with van der Waals surface area (Å²) in [4.78, 5) is 26.0. The van der Waals surface area contributed by atoms with Gasteiger partial charge >= 0.3 is 5.97 Å². The maximum atomic E-state index is 12.4. The SMILES string of the molecule is CC1(C)CN(C(=O)c2ccc(C=CC(=O)O)s2)CCO1. The van der Waals surface area contributed by atoms with E-state index in [4.69, 9.17) is 9.84 Å². The Morgan fingerprint density at radius 3 is 2.85 bits per heavy atom. The van der Waals surface area contributed by atoms with Gasteiger partial charge in [0.15, 0.2) is 0 Å². The lowest BCUT2D eigenvalue weighted by atomic mass is 10.1. The molecule has 0 aliphatic carbocycles. The van der Waals surface area contributed by atoms with Crippen LogP contribution in [0.1, 0.15) is 28.4 Å². The number of nitrogens with zero attached hydrogens (tertiary/aromatic N) is 1. The number of rotatable bonds is 3. The van der Waals surface area contributed by atoms with Crippen LogP contribution in [0.15, 0.2) is 18.2 Å². The molecular formula is C14H17NO4S. The summed E-state index contributed by atoms with van der Waals surface area (Å²) >= 11 is 1.29. The minimum atomic E-state index is -0.999. The number of carbonyl (C=O) groups is 2. The van der Waals surface area contributed by atoms with Crippen molar-refractivity contribution in [2.75, 3.05) is 19.7 Å². The van der Waals surface area contributed by atoms with Gasteiger partial charge < -0.3 is 14.7 Å². The molecule has 0 saturated carbocycles. The van der Waals surface area contributed by atoms with Gasteiger partial charge in [-0.2, -0.15) is 0 Å². The third-order valence-corrected chi connectivity index (χ3v) is 3.98. The van der Waals surface area contributed by atoms with Gasteiger partial charge in [-0.15, -0.1) is 11.3 Å². The molecular weight excluding hydrogens is 278 g/mol. The summed E-state index contributed by atoms with van der Waals surface area (Å²) in [6.45, 7) is 5.60. The molecule has 108 valence electrons. The van der Waals surface area contributed by atoms with Crippen molar-refractivity contribution < 1.29 is 19.4 Å². The average Bonchev–Trinajstić information content (AvgIpc) is 2.83. The molecule has 1 aliphatic heterocycles. The van der Waals surface area contributed by atoms with Gasteiger partial charge in [-0.3, -0.25) is 4.79 Å². The van der Waals surface area contributed by atoms with E-state index in [0.29, 0.717) is 24.6 Å². The number of hydrogen-bond acceptors (Lipinski definition) is 4. The molecule has 0 radical (unpaired) electrons. The molecule has 2 rings (SSSR count). The van der Waals surface area contributed by atoms with Crippen molar-refractivity contribution in [3.8, 4) is 0 Å². The Morgan fingerprint density at radius 2 is 2.20 bits per heavy atom. The molecule has 1 amide bonds. The highest BCUT2D eigenvalue weighted by Gasteiger charge is 2.30. The number of aliphatic carboxylic acids is 1. The van der Waals surface area contributed by atoms with Crippen LogP contribution in [-0.4, -0.2) is 47.2 Å². The van der Waals surface area contributed by atoms with Crippen molar-refractivity contribution in [3.63, 3.8) is 0 Å². The zero-order valence-corrected chi connectivity index (χ0v) is 12.3. The Kier molecular flexibility index (Phi) is 4.25. The first kappa shape index (κ1) is 14.7. The minimum Gasteiger partial charge on any atom is -0.478 e. The molecule has 5 nitrogen and oxygen atoms in total. The van der Waals surface area contributed by atoms with Gasteiger partial charge in [0.25, 0.3) is 5.91 Å². The smallest absolute Gasteiger partial charge is 0.328 e. The third-order valence-electron chi connectivity index (χ3n) is 2.94. The van der Waals surface area contributed by atoms with E-state index in [0.717, 1.165) is 11.0 Å². The zero-order chi connectivity index (χ0) is 14.8. The first-order valence-corrected chi connectivity index (χ1v) is 7.13. The van der Waals surface area contributed by atoms with E-state index in [1.807, 2.05) is 13.8 Å². The van der Waals surface area contributed by atoms with E-state index >= 15 is 0 Å². The Hall–Kier alpha value is -1.66. The number of carboxylic acid groups (broad SMARTS) is 1. The van der Waals surface area contributed by atoms with Crippen LogP contribution in [0.25, 0.3) is 6.08 Å². The lowest BCUT2D eigenvalue weighted by molar-refractivity contribution is -0.131. The molecule has 20 heavy (non-hydrogen) atoms. The predicted molar refractivity (Wildman–Crippen MR) is 76.9 cm³/mol. The van der Waals surface area contributed by atoms with Crippen molar-refractivity contribution in [2.24, 2.45) is 0 Å². The molecule has 1 aromatic heterocycles. The van der Waals surface area contributed by atoms with Gasteiger partial charge in [-0.25, -0.2) is 4.79 Å². The third kappa shape index (κ3) is 3.68. The summed E-state index contributed by atoms with van der Waals surface area (Å²) < 4.78 is 5.58. The number of carboxylic acids is 1. The largest absolute Gasteiger partial charge is 0.478 e. The minimum absolute atomic E-state index is 0.0265. The van der Waals surface area contributed by atoms with Gasteiger partial charge in [-0.1, -0.05) is 0 Å². The summed E-state index contributed by atoms with van der Waals surface area (Å²) in [6.07, 6.45) is 2.56. The monoisotopic (exact) mass is 295 g/mol. The Bertz CT molecular complexity index is 547. The fourth-order valence-corrected chi connectivity index (χ4v) is 2.94. The number of thiophene rings is 1. The van der Waals surface area contributed by atoms with Crippen LogP contribution >= 0.6 is 11.3 Å². The summed E-state index contributed by atoms with van der Waals surface area (Å²) in [7, 11) is 0. The van der Waals surface area contributed by atoms with E-state index < -0.39 is 5.97 Å². The van der Waals surface area contributed by atoms with Crippen molar-refractivity contribution in [2.45, 2.75) is 19.4 Å². The second-order valence-electron chi connectivity index (χ2n) is 5.21. The van der Waals surface area contributed by atoms with Crippen molar-refractivity contribution >= 4 is 29.3 Å². The fraction of sp³-hybridized carbons (Fsp3) is 0.429. The Labute approximate surface area is 121 Å². The molecule has 1 saturated heterocycles. The van der Waals surface area contributed by atoms with E-state index in [2.05, 4.69) is 0 Å². The highest BCUT2D eigenvalue weighted by atomic mass is 32.1. The van der Waals surface area contributed by atoms with Crippen LogP contribution in [0.5, 0.6) is 0 Å². The maximum Gasteiger partial charge on any atom is 0.328 e. The number of carbonyl (C=O) groups excluding carboxylic acids is 1.